The first kappa shape index (κ1) is 22.0. The molecule has 6 heteroatoms. The van der Waals surface area contributed by atoms with Crippen LogP contribution in [0.2, 0.25) is 0 Å². The highest BCUT2D eigenvalue weighted by atomic mass is 16.5. The van der Waals surface area contributed by atoms with Crippen LogP contribution < -0.4 is 10.1 Å². The van der Waals surface area contributed by atoms with Gasteiger partial charge in [0.15, 0.2) is 0 Å². The summed E-state index contributed by atoms with van der Waals surface area (Å²) in [5.41, 5.74) is 5.91. The fraction of sp³-hybridized carbons (Fsp3) is 0.346. The van der Waals surface area contributed by atoms with Crippen LogP contribution in [0.25, 0.3) is 0 Å². The van der Waals surface area contributed by atoms with E-state index in [2.05, 4.69) is 47.2 Å². The normalized spacial score (nSPS) is 16.2. The van der Waals surface area contributed by atoms with Crippen molar-refractivity contribution in [2.45, 2.75) is 39.7 Å². The molecule has 1 aliphatic rings. The Morgan fingerprint density at radius 2 is 1.91 bits per heavy atom. The zero-order valence-corrected chi connectivity index (χ0v) is 19.2. The fourth-order valence-electron chi connectivity index (χ4n) is 4.12. The number of carbonyl (C=O) groups is 1. The summed E-state index contributed by atoms with van der Waals surface area (Å²) in [7, 11) is 1.61. The molecule has 1 aromatic heterocycles. The molecular formula is C26H30N4O2. The fourth-order valence-corrected chi connectivity index (χ4v) is 4.12. The minimum Gasteiger partial charge on any atom is -0.497 e. The van der Waals surface area contributed by atoms with E-state index in [1.54, 1.807) is 13.3 Å². The van der Waals surface area contributed by atoms with Crippen molar-refractivity contribution in [3.63, 3.8) is 0 Å². The van der Waals surface area contributed by atoms with Crippen LogP contribution in [0.15, 0.2) is 48.7 Å². The van der Waals surface area contributed by atoms with Gasteiger partial charge in [-0.2, -0.15) is 0 Å². The number of carbonyl (C=O) groups excluding carboxylic acids is 1. The Morgan fingerprint density at radius 3 is 2.59 bits per heavy atom. The molecule has 2 aromatic carbocycles. The number of rotatable bonds is 6. The molecule has 0 spiro atoms. The van der Waals surface area contributed by atoms with Crippen molar-refractivity contribution in [3.05, 3.63) is 82.4 Å². The van der Waals surface area contributed by atoms with Crippen molar-refractivity contribution in [2.24, 2.45) is 0 Å². The summed E-state index contributed by atoms with van der Waals surface area (Å²) < 4.78 is 5.15. The maximum atomic E-state index is 12.7. The second kappa shape index (κ2) is 9.49. The van der Waals surface area contributed by atoms with Gasteiger partial charge in [-0.15, -0.1) is 0 Å². The van der Waals surface area contributed by atoms with Gasteiger partial charge >= 0.3 is 0 Å². The molecule has 0 saturated carbocycles. The minimum atomic E-state index is -0.206. The number of nitrogens with zero attached hydrogens (tertiary/aromatic N) is 3. The monoisotopic (exact) mass is 430 g/mol. The molecule has 2 heterocycles. The Labute approximate surface area is 189 Å². The van der Waals surface area contributed by atoms with Gasteiger partial charge in [0.1, 0.15) is 11.6 Å². The van der Waals surface area contributed by atoms with Crippen molar-refractivity contribution in [1.82, 2.24) is 14.9 Å². The summed E-state index contributed by atoms with van der Waals surface area (Å²) in [4.78, 5) is 24.4. The second-order valence-electron chi connectivity index (χ2n) is 8.55. The van der Waals surface area contributed by atoms with E-state index in [9.17, 15) is 4.79 Å². The van der Waals surface area contributed by atoms with Crippen molar-refractivity contribution >= 4 is 11.6 Å². The van der Waals surface area contributed by atoms with E-state index in [0.29, 0.717) is 22.9 Å². The summed E-state index contributed by atoms with van der Waals surface area (Å²) in [6, 6.07) is 13.9. The van der Waals surface area contributed by atoms with Crippen LogP contribution in [-0.2, 0) is 6.54 Å². The highest BCUT2D eigenvalue weighted by molar-refractivity contribution is 6.04. The number of likely N-dealkylation sites (tertiary alicyclic amines) is 1. The second-order valence-corrected chi connectivity index (χ2v) is 8.55. The van der Waals surface area contributed by atoms with E-state index < -0.39 is 0 Å². The summed E-state index contributed by atoms with van der Waals surface area (Å²) in [5.74, 6) is 1.65. The highest BCUT2D eigenvalue weighted by Gasteiger charge is 2.27. The smallest absolute Gasteiger partial charge is 0.259 e. The van der Waals surface area contributed by atoms with Crippen LogP contribution >= 0.6 is 0 Å². The summed E-state index contributed by atoms with van der Waals surface area (Å²) in [5, 5.41) is 2.90. The molecule has 1 saturated heterocycles. The third kappa shape index (κ3) is 4.97. The lowest BCUT2D eigenvalue weighted by Crippen LogP contribution is -2.21. The SMILES string of the molecule is COc1ccc(NC(=O)c2cnc([C@@H]3CCN(Cc4ccc(C)c(C)c4)C3)nc2C)cc1. The van der Waals surface area contributed by atoms with E-state index >= 15 is 0 Å². The van der Waals surface area contributed by atoms with Crippen LogP contribution in [0.5, 0.6) is 5.75 Å². The largest absolute Gasteiger partial charge is 0.497 e. The Balaban J connectivity index is 1.39. The maximum absolute atomic E-state index is 12.7. The van der Waals surface area contributed by atoms with Crippen LogP contribution in [0.1, 0.15) is 50.9 Å². The number of aryl methyl sites for hydroxylation is 3. The van der Waals surface area contributed by atoms with Crippen LogP contribution in [0.4, 0.5) is 5.69 Å². The average molecular weight is 431 g/mol. The molecule has 0 unspecified atom stereocenters. The van der Waals surface area contributed by atoms with Gasteiger partial charge in [-0.1, -0.05) is 18.2 Å². The summed E-state index contributed by atoms with van der Waals surface area (Å²) in [6.45, 7) is 9.08. The standard InChI is InChI=1S/C26H30N4O2/c1-17-5-6-20(13-18(17)2)15-30-12-11-21(16-30)25-27-14-24(19(3)28-25)26(31)29-22-7-9-23(32-4)10-8-22/h5-10,13-14,21H,11-12,15-16H2,1-4H3,(H,29,31)/t21-/m1/s1. The number of aromatic nitrogens is 2. The topological polar surface area (TPSA) is 67.3 Å². The van der Waals surface area contributed by atoms with E-state index in [1.165, 1.54) is 16.7 Å². The van der Waals surface area contributed by atoms with Crippen molar-refractivity contribution in [2.75, 3.05) is 25.5 Å². The predicted octanol–water partition coefficient (Wildman–Crippen LogP) is 4.65. The van der Waals surface area contributed by atoms with Crippen molar-refractivity contribution < 1.29 is 9.53 Å². The van der Waals surface area contributed by atoms with E-state index in [0.717, 1.165) is 37.6 Å². The van der Waals surface area contributed by atoms with Crippen LogP contribution in [0.3, 0.4) is 0 Å². The summed E-state index contributed by atoms with van der Waals surface area (Å²) in [6.07, 6.45) is 2.68. The number of ether oxygens (including phenoxy) is 1. The Kier molecular flexibility index (Phi) is 6.51. The number of benzene rings is 2. The Hall–Kier alpha value is -3.25. The zero-order chi connectivity index (χ0) is 22.7. The van der Waals surface area contributed by atoms with Gasteiger partial charge < -0.3 is 10.1 Å². The lowest BCUT2D eigenvalue weighted by molar-refractivity contribution is 0.102. The summed E-state index contributed by atoms with van der Waals surface area (Å²) >= 11 is 0. The van der Waals surface area contributed by atoms with Crippen molar-refractivity contribution in [1.29, 1.82) is 0 Å². The van der Waals surface area contributed by atoms with Gasteiger partial charge in [-0.25, -0.2) is 9.97 Å². The first-order chi connectivity index (χ1) is 15.4. The molecule has 32 heavy (non-hydrogen) atoms. The predicted molar refractivity (Wildman–Crippen MR) is 126 cm³/mol. The van der Waals surface area contributed by atoms with E-state index in [4.69, 9.17) is 9.72 Å². The molecule has 1 fully saturated rings. The molecule has 0 aliphatic carbocycles. The van der Waals surface area contributed by atoms with Gasteiger partial charge in [0.25, 0.3) is 5.91 Å². The molecule has 1 atom stereocenters. The number of methoxy groups -OCH3 is 1. The first-order valence-corrected chi connectivity index (χ1v) is 11.0. The van der Waals surface area contributed by atoms with Gasteiger partial charge in [-0.05, 0) is 74.7 Å². The molecule has 1 amide bonds. The highest BCUT2D eigenvalue weighted by Crippen LogP contribution is 2.27. The molecule has 0 radical (unpaired) electrons. The maximum Gasteiger partial charge on any atom is 0.259 e. The Bertz CT molecular complexity index is 1110. The third-order valence-electron chi connectivity index (χ3n) is 6.21. The lowest BCUT2D eigenvalue weighted by Gasteiger charge is -2.17. The van der Waals surface area contributed by atoms with Crippen LogP contribution in [-0.4, -0.2) is 41.0 Å². The third-order valence-corrected chi connectivity index (χ3v) is 6.21. The quantitative estimate of drug-likeness (QED) is 0.616. The molecule has 6 nitrogen and oxygen atoms in total. The molecule has 4 rings (SSSR count). The van der Waals surface area contributed by atoms with Crippen molar-refractivity contribution in [3.8, 4) is 5.75 Å². The number of hydrogen-bond acceptors (Lipinski definition) is 5. The molecule has 166 valence electrons. The van der Waals surface area contributed by atoms with E-state index in [1.807, 2.05) is 31.2 Å². The molecule has 1 N–H and O–H groups in total. The van der Waals surface area contributed by atoms with Gasteiger partial charge in [0.2, 0.25) is 0 Å². The number of hydrogen-bond donors (Lipinski definition) is 1. The molecule has 0 bridgehead atoms. The number of nitrogens with one attached hydrogen (secondary N) is 1. The van der Waals surface area contributed by atoms with E-state index in [-0.39, 0.29) is 5.91 Å². The van der Waals surface area contributed by atoms with Crippen LogP contribution in [0, 0.1) is 20.8 Å². The van der Waals surface area contributed by atoms with Gasteiger partial charge in [-0.3, -0.25) is 9.69 Å². The number of anilines is 1. The molecule has 1 aliphatic heterocycles. The first-order valence-electron chi connectivity index (χ1n) is 11.0. The zero-order valence-electron chi connectivity index (χ0n) is 19.2. The number of amides is 1. The molecule has 3 aromatic rings. The minimum absolute atomic E-state index is 0.206. The molecular weight excluding hydrogens is 400 g/mol. The van der Waals surface area contributed by atoms with Gasteiger partial charge in [0, 0.05) is 30.9 Å². The Morgan fingerprint density at radius 1 is 1.12 bits per heavy atom. The average Bonchev–Trinajstić information content (AvgIpc) is 3.25. The lowest BCUT2D eigenvalue weighted by atomic mass is 10.1. The van der Waals surface area contributed by atoms with Gasteiger partial charge in [0.05, 0.1) is 18.4 Å².